The van der Waals surface area contributed by atoms with Crippen molar-refractivity contribution in [2.24, 2.45) is 5.92 Å². The lowest BCUT2D eigenvalue weighted by molar-refractivity contribution is -0.137. The van der Waals surface area contributed by atoms with Crippen molar-refractivity contribution in [3.63, 3.8) is 0 Å². The number of alkyl halides is 3. The van der Waals surface area contributed by atoms with Gasteiger partial charge in [0.05, 0.1) is 23.4 Å². The van der Waals surface area contributed by atoms with Gasteiger partial charge in [-0.3, -0.25) is 9.59 Å². The molecule has 0 aromatic heterocycles. The first kappa shape index (κ1) is 20.4. The van der Waals surface area contributed by atoms with Crippen LogP contribution in [0.4, 0.5) is 18.9 Å². The van der Waals surface area contributed by atoms with Gasteiger partial charge in [-0.2, -0.15) is 13.2 Å². The van der Waals surface area contributed by atoms with Crippen molar-refractivity contribution in [3.05, 3.63) is 65.4 Å². The van der Waals surface area contributed by atoms with E-state index < -0.39 is 29.3 Å². The molecule has 0 aliphatic carbocycles. The molecule has 5 nitrogen and oxygen atoms in total. The number of anilines is 1. The van der Waals surface area contributed by atoms with Crippen LogP contribution in [0.25, 0.3) is 5.57 Å². The molecule has 1 aliphatic rings. The van der Waals surface area contributed by atoms with Crippen molar-refractivity contribution in [2.45, 2.75) is 20.0 Å². The second-order valence-electron chi connectivity index (χ2n) is 6.94. The van der Waals surface area contributed by atoms with E-state index in [4.69, 9.17) is 4.74 Å². The van der Waals surface area contributed by atoms with Gasteiger partial charge in [-0.15, -0.1) is 0 Å². The van der Waals surface area contributed by atoms with Crippen LogP contribution < -0.4 is 9.64 Å². The number of aliphatic hydroxyl groups is 1. The lowest BCUT2D eigenvalue weighted by atomic mass is 10.1. The number of amides is 2. The Balaban J connectivity index is 1.85. The Hall–Kier alpha value is -3.29. The molecule has 0 radical (unpaired) electrons. The van der Waals surface area contributed by atoms with E-state index in [0.717, 1.165) is 24.3 Å². The van der Waals surface area contributed by atoms with Gasteiger partial charge in [-0.1, -0.05) is 26.0 Å². The smallest absolute Gasteiger partial charge is 0.416 e. The molecule has 0 fully saturated rings. The molecule has 8 heteroatoms. The fraction of sp³-hybridized carbons (Fsp3) is 0.238. The SMILES string of the molecule is CC(C)COc1ccc(C2=C(O)C(=O)N(c3ccc(C(F)(F)F)cc3)C2=O)cc1. The second-order valence-corrected chi connectivity index (χ2v) is 6.94. The number of nitrogens with zero attached hydrogens (tertiary/aromatic N) is 1. The minimum atomic E-state index is -4.54. The third-order valence-electron chi connectivity index (χ3n) is 4.24. The molecule has 0 atom stereocenters. The van der Waals surface area contributed by atoms with Crippen molar-refractivity contribution in [1.29, 1.82) is 0 Å². The molecule has 3 rings (SSSR count). The average Bonchev–Trinajstić information content (AvgIpc) is 2.89. The summed E-state index contributed by atoms with van der Waals surface area (Å²) in [7, 11) is 0. The molecule has 152 valence electrons. The molecule has 0 bridgehead atoms. The van der Waals surface area contributed by atoms with Crippen LogP contribution in [0.5, 0.6) is 5.75 Å². The Bertz CT molecular complexity index is 961. The minimum absolute atomic E-state index is 0.0635. The third kappa shape index (κ3) is 4.11. The maximum Gasteiger partial charge on any atom is 0.416 e. The van der Waals surface area contributed by atoms with Crippen LogP contribution in [0.2, 0.25) is 0 Å². The monoisotopic (exact) mass is 405 g/mol. The number of rotatable bonds is 5. The van der Waals surface area contributed by atoms with Crippen molar-refractivity contribution < 1.29 is 32.6 Å². The molecule has 2 amide bonds. The summed E-state index contributed by atoms with van der Waals surface area (Å²) in [5.74, 6) is -1.68. The van der Waals surface area contributed by atoms with E-state index in [2.05, 4.69) is 0 Å². The fourth-order valence-corrected chi connectivity index (χ4v) is 2.79. The van der Waals surface area contributed by atoms with E-state index in [9.17, 15) is 27.9 Å². The Morgan fingerprint density at radius 3 is 2.07 bits per heavy atom. The zero-order valence-electron chi connectivity index (χ0n) is 15.7. The highest BCUT2D eigenvalue weighted by molar-refractivity contribution is 6.44. The van der Waals surface area contributed by atoms with Crippen LogP contribution in [0.1, 0.15) is 25.0 Å². The summed E-state index contributed by atoms with van der Waals surface area (Å²) < 4.78 is 43.7. The number of benzene rings is 2. The lowest BCUT2D eigenvalue weighted by Gasteiger charge is -2.15. The van der Waals surface area contributed by atoms with E-state index in [1.807, 2.05) is 13.8 Å². The Labute approximate surface area is 165 Å². The maximum atomic E-state index is 12.7. The predicted molar refractivity (Wildman–Crippen MR) is 100 cm³/mol. The highest BCUT2D eigenvalue weighted by Gasteiger charge is 2.40. The molecule has 0 saturated carbocycles. The molecule has 1 N–H and O–H groups in total. The number of hydrogen-bond acceptors (Lipinski definition) is 4. The number of hydrogen-bond donors (Lipinski definition) is 1. The standard InChI is InChI=1S/C21H18F3NO4/c1-12(2)11-29-16-9-3-13(4-10-16)17-18(26)20(28)25(19(17)27)15-7-5-14(6-8-15)21(22,23)24/h3-10,12,26H,11H2,1-2H3. The minimum Gasteiger partial charge on any atom is -0.502 e. The van der Waals surface area contributed by atoms with E-state index >= 15 is 0 Å². The number of aliphatic hydroxyl groups excluding tert-OH is 1. The number of ether oxygens (including phenoxy) is 1. The summed E-state index contributed by atoms with van der Waals surface area (Å²) in [4.78, 5) is 25.8. The van der Waals surface area contributed by atoms with Crippen LogP contribution in [-0.4, -0.2) is 23.5 Å². The molecule has 0 unspecified atom stereocenters. The maximum absolute atomic E-state index is 12.7. The van der Waals surface area contributed by atoms with E-state index in [-0.39, 0.29) is 11.3 Å². The highest BCUT2D eigenvalue weighted by Crippen LogP contribution is 2.35. The van der Waals surface area contributed by atoms with E-state index in [1.54, 1.807) is 12.1 Å². The quantitative estimate of drug-likeness (QED) is 0.740. The topological polar surface area (TPSA) is 66.8 Å². The van der Waals surface area contributed by atoms with Gasteiger partial charge in [0.2, 0.25) is 0 Å². The van der Waals surface area contributed by atoms with Crippen LogP contribution in [0.3, 0.4) is 0 Å². The molecule has 0 saturated heterocycles. The lowest BCUT2D eigenvalue weighted by Crippen LogP contribution is -2.31. The molecule has 1 aliphatic heterocycles. The summed E-state index contributed by atoms with van der Waals surface area (Å²) in [6.07, 6.45) is -4.54. The van der Waals surface area contributed by atoms with E-state index in [0.29, 0.717) is 28.7 Å². The second kappa shape index (κ2) is 7.62. The van der Waals surface area contributed by atoms with Gasteiger partial charge in [-0.05, 0) is 47.9 Å². The van der Waals surface area contributed by atoms with Crippen LogP contribution in [0, 0.1) is 5.92 Å². The van der Waals surface area contributed by atoms with Crippen molar-refractivity contribution in [2.75, 3.05) is 11.5 Å². The number of carbonyl (C=O) groups is 2. The summed E-state index contributed by atoms with van der Waals surface area (Å²) >= 11 is 0. The molecule has 29 heavy (non-hydrogen) atoms. The number of halogens is 3. The van der Waals surface area contributed by atoms with Crippen molar-refractivity contribution in [1.82, 2.24) is 0 Å². The van der Waals surface area contributed by atoms with Gasteiger partial charge in [0.15, 0.2) is 5.76 Å². The average molecular weight is 405 g/mol. The summed E-state index contributed by atoms with van der Waals surface area (Å²) in [5, 5.41) is 10.2. The van der Waals surface area contributed by atoms with Crippen LogP contribution in [0.15, 0.2) is 54.3 Å². The van der Waals surface area contributed by atoms with Crippen LogP contribution in [-0.2, 0) is 15.8 Å². The first-order chi connectivity index (χ1) is 13.6. The Morgan fingerprint density at radius 2 is 1.55 bits per heavy atom. The zero-order chi connectivity index (χ0) is 21.3. The molecule has 2 aromatic rings. The number of imide groups is 1. The zero-order valence-corrected chi connectivity index (χ0v) is 15.7. The Morgan fingerprint density at radius 1 is 0.966 bits per heavy atom. The highest BCUT2D eigenvalue weighted by atomic mass is 19.4. The van der Waals surface area contributed by atoms with Crippen LogP contribution >= 0.6 is 0 Å². The van der Waals surface area contributed by atoms with Gasteiger partial charge in [0, 0.05) is 0 Å². The summed E-state index contributed by atoms with van der Waals surface area (Å²) in [5.41, 5.74) is -0.890. The normalized spacial score (nSPS) is 14.9. The molecule has 1 heterocycles. The molecule has 2 aromatic carbocycles. The number of carbonyl (C=O) groups excluding carboxylic acids is 2. The summed E-state index contributed by atoms with van der Waals surface area (Å²) in [6, 6.07) is 9.84. The molecule has 0 spiro atoms. The van der Waals surface area contributed by atoms with Crippen molar-refractivity contribution in [3.8, 4) is 5.75 Å². The van der Waals surface area contributed by atoms with Crippen molar-refractivity contribution >= 4 is 23.1 Å². The van der Waals surface area contributed by atoms with Gasteiger partial charge in [0.25, 0.3) is 5.91 Å². The van der Waals surface area contributed by atoms with Gasteiger partial charge in [0.1, 0.15) is 5.75 Å². The largest absolute Gasteiger partial charge is 0.502 e. The van der Waals surface area contributed by atoms with Gasteiger partial charge in [-0.25, -0.2) is 4.90 Å². The Kier molecular flexibility index (Phi) is 5.37. The predicted octanol–water partition coefficient (Wildman–Crippen LogP) is 4.58. The molecular formula is C21H18F3NO4. The van der Waals surface area contributed by atoms with Gasteiger partial charge >= 0.3 is 12.1 Å². The molecular weight excluding hydrogens is 387 g/mol. The summed E-state index contributed by atoms with van der Waals surface area (Å²) in [6.45, 7) is 4.50. The fourth-order valence-electron chi connectivity index (χ4n) is 2.79. The first-order valence-corrected chi connectivity index (χ1v) is 8.82. The van der Waals surface area contributed by atoms with E-state index in [1.165, 1.54) is 12.1 Å². The first-order valence-electron chi connectivity index (χ1n) is 8.82. The van der Waals surface area contributed by atoms with Gasteiger partial charge < -0.3 is 9.84 Å². The third-order valence-corrected chi connectivity index (χ3v) is 4.24.